The second-order valence-corrected chi connectivity index (χ2v) is 5.58. The van der Waals surface area contributed by atoms with Gasteiger partial charge in [-0.3, -0.25) is 0 Å². The number of hydrogen-bond donors (Lipinski definition) is 1. The quantitative estimate of drug-likeness (QED) is 0.767. The Balaban J connectivity index is 1.77. The van der Waals surface area contributed by atoms with E-state index < -0.39 is 0 Å². The molecule has 2 unspecified atom stereocenters. The van der Waals surface area contributed by atoms with E-state index in [1.165, 1.54) is 51.7 Å². The van der Waals surface area contributed by atoms with Crippen LogP contribution in [-0.2, 0) is 0 Å². The fourth-order valence-corrected chi connectivity index (χ4v) is 3.31. The largest absolute Gasteiger partial charge is 0.317 e. The van der Waals surface area contributed by atoms with Crippen LogP contribution in [0.5, 0.6) is 0 Å². The van der Waals surface area contributed by atoms with E-state index in [2.05, 4.69) is 24.2 Å². The molecule has 0 amide bonds. The highest BCUT2D eigenvalue weighted by atomic mass is 15.1. The van der Waals surface area contributed by atoms with Gasteiger partial charge in [-0.1, -0.05) is 6.92 Å². The summed E-state index contributed by atoms with van der Waals surface area (Å²) >= 11 is 0. The molecule has 2 atom stereocenters. The van der Waals surface area contributed by atoms with Gasteiger partial charge in [-0.25, -0.2) is 0 Å². The van der Waals surface area contributed by atoms with Crippen molar-refractivity contribution in [2.75, 3.05) is 26.7 Å². The Hall–Kier alpha value is -0.0800. The van der Waals surface area contributed by atoms with Crippen LogP contribution in [0.2, 0.25) is 0 Å². The molecule has 2 nitrogen and oxygen atoms in total. The average molecular weight is 210 g/mol. The maximum atomic E-state index is 3.46. The summed E-state index contributed by atoms with van der Waals surface area (Å²) < 4.78 is 0. The fourth-order valence-electron chi connectivity index (χ4n) is 3.31. The molecule has 0 aromatic carbocycles. The van der Waals surface area contributed by atoms with Gasteiger partial charge in [-0.2, -0.15) is 0 Å². The Kier molecular flexibility index (Phi) is 4.04. The van der Waals surface area contributed by atoms with E-state index in [0.717, 1.165) is 17.9 Å². The normalized spacial score (nSPS) is 32.0. The molecule has 2 heterocycles. The number of nitrogens with zero attached hydrogens (tertiary/aromatic N) is 1. The number of nitrogens with one attached hydrogen (secondary N) is 1. The monoisotopic (exact) mass is 210 g/mol. The summed E-state index contributed by atoms with van der Waals surface area (Å²) in [6.07, 6.45) is 7.09. The van der Waals surface area contributed by atoms with Gasteiger partial charge in [0, 0.05) is 6.04 Å². The number of rotatable bonds is 3. The minimum absolute atomic E-state index is 0.884. The summed E-state index contributed by atoms with van der Waals surface area (Å²) in [6, 6.07) is 0.884. The molecule has 0 spiro atoms. The van der Waals surface area contributed by atoms with E-state index >= 15 is 0 Å². The van der Waals surface area contributed by atoms with Gasteiger partial charge in [0.1, 0.15) is 0 Å². The van der Waals surface area contributed by atoms with Crippen molar-refractivity contribution in [1.29, 1.82) is 0 Å². The predicted octanol–water partition coefficient (Wildman–Crippen LogP) is 2.11. The van der Waals surface area contributed by atoms with Crippen molar-refractivity contribution in [1.82, 2.24) is 10.2 Å². The highest BCUT2D eigenvalue weighted by molar-refractivity contribution is 4.81. The molecule has 0 aromatic rings. The molecule has 0 saturated carbocycles. The highest BCUT2D eigenvalue weighted by Gasteiger charge is 2.27. The second kappa shape index (κ2) is 5.31. The predicted molar refractivity (Wildman–Crippen MR) is 65.0 cm³/mol. The van der Waals surface area contributed by atoms with Crippen molar-refractivity contribution < 1.29 is 0 Å². The lowest BCUT2D eigenvalue weighted by Crippen LogP contribution is -2.34. The average Bonchev–Trinajstić information content (AvgIpc) is 2.66. The molecule has 0 radical (unpaired) electrons. The first kappa shape index (κ1) is 11.4. The number of piperidine rings is 1. The van der Waals surface area contributed by atoms with Gasteiger partial charge in [0.05, 0.1) is 0 Å². The van der Waals surface area contributed by atoms with Gasteiger partial charge in [-0.05, 0) is 70.6 Å². The molecule has 88 valence electrons. The third-order valence-corrected chi connectivity index (χ3v) is 4.50. The van der Waals surface area contributed by atoms with E-state index in [1.807, 2.05) is 0 Å². The Morgan fingerprint density at radius 2 is 2.00 bits per heavy atom. The van der Waals surface area contributed by atoms with Crippen molar-refractivity contribution in [3.8, 4) is 0 Å². The van der Waals surface area contributed by atoms with E-state index in [0.29, 0.717) is 0 Å². The van der Waals surface area contributed by atoms with Crippen molar-refractivity contribution in [3.63, 3.8) is 0 Å². The van der Waals surface area contributed by atoms with Crippen LogP contribution in [0, 0.1) is 11.8 Å². The lowest BCUT2D eigenvalue weighted by Gasteiger charge is -2.31. The minimum Gasteiger partial charge on any atom is -0.317 e. The summed E-state index contributed by atoms with van der Waals surface area (Å²) in [5.74, 6) is 1.91. The highest BCUT2D eigenvalue weighted by Crippen LogP contribution is 2.29. The van der Waals surface area contributed by atoms with E-state index in [9.17, 15) is 0 Å². The minimum atomic E-state index is 0.884. The van der Waals surface area contributed by atoms with Crippen molar-refractivity contribution in [2.45, 2.75) is 45.1 Å². The summed E-state index contributed by atoms with van der Waals surface area (Å²) in [4.78, 5) is 2.57. The van der Waals surface area contributed by atoms with Crippen LogP contribution in [0.4, 0.5) is 0 Å². The molecule has 2 aliphatic heterocycles. The summed E-state index contributed by atoms with van der Waals surface area (Å²) in [6.45, 7) is 6.29. The van der Waals surface area contributed by atoms with E-state index in [1.54, 1.807) is 0 Å². The molecule has 2 saturated heterocycles. The summed E-state index contributed by atoms with van der Waals surface area (Å²) in [7, 11) is 2.30. The lowest BCUT2D eigenvalue weighted by molar-refractivity contribution is 0.202. The molecule has 2 heteroatoms. The first-order valence-electron chi connectivity index (χ1n) is 6.68. The molecule has 0 aliphatic carbocycles. The van der Waals surface area contributed by atoms with Gasteiger partial charge in [0.25, 0.3) is 0 Å². The third-order valence-electron chi connectivity index (χ3n) is 4.50. The Morgan fingerprint density at radius 1 is 1.27 bits per heavy atom. The maximum Gasteiger partial charge on any atom is 0.00953 e. The van der Waals surface area contributed by atoms with E-state index in [4.69, 9.17) is 0 Å². The molecule has 2 fully saturated rings. The second-order valence-electron chi connectivity index (χ2n) is 5.58. The topological polar surface area (TPSA) is 15.3 Å². The van der Waals surface area contributed by atoms with Crippen molar-refractivity contribution in [3.05, 3.63) is 0 Å². The van der Waals surface area contributed by atoms with Crippen LogP contribution < -0.4 is 5.32 Å². The zero-order valence-electron chi connectivity index (χ0n) is 10.3. The molecule has 2 rings (SSSR count). The van der Waals surface area contributed by atoms with Crippen LogP contribution in [0.25, 0.3) is 0 Å². The number of hydrogen-bond acceptors (Lipinski definition) is 2. The van der Waals surface area contributed by atoms with Gasteiger partial charge < -0.3 is 10.2 Å². The zero-order valence-corrected chi connectivity index (χ0v) is 10.3. The Bertz CT molecular complexity index is 187. The molecular formula is C13H26N2. The van der Waals surface area contributed by atoms with Crippen LogP contribution in [0.3, 0.4) is 0 Å². The first-order valence-corrected chi connectivity index (χ1v) is 6.68. The van der Waals surface area contributed by atoms with Crippen LogP contribution in [0.1, 0.15) is 39.0 Å². The molecule has 0 aromatic heterocycles. The fraction of sp³-hybridized carbons (Fsp3) is 1.00. The third kappa shape index (κ3) is 2.94. The van der Waals surface area contributed by atoms with Crippen LogP contribution in [-0.4, -0.2) is 37.6 Å². The van der Waals surface area contributed by atoms with Gasteiger partial charge in [0.2, 0.25) is 0 Å². The SMILES string of the molecule is CC(CC1CCCN1C)C1CCNCC1. The zero-order chi connectivity index (χ0) is 10.7. The molecule has 15 heavy (non-hydrogen) atoms. The van der Waals surface area contributed by atoms with Crippen molar-refractivity contribution in [2.24, 2.45) is 11.8 Å². The van der Waals surface area contributed by atoms with Crippen molar-refractivity contribution >= 4 is 0 Å². The Labute approximate surface area is 94.4 Å². The summed E-state index contributed by atoms with van der Waals surface area (Å²) in [5.41, 5.74) is 0. The lowest BCUT2D eigenvalue weighted by atomic mass is 9.82. The smallest absolute Gasteiger partial charge is 0.00953 e. The summed E-state index contributed by atoms with van der Waals surface area (Å²) in [5, 5.41) is 3.46. The van der Waals surface area contributed by atoms with E-state index in [-0.39, 0.29) is 0 Å². The van der Waals surface area contributed by atoms with Gasteiger partial charge >= 0.3 is 0 Å². The molecule has 0 bridgehead atoms. The van der Waals surface area contributed by atoms with Gasteiger partial charge in [-0.15, -0.1) is 0 Å². The first-order chi connectivity index (χ1) is 7.27. The van der Waals surface area contributed by atoms with Crippen LogP contribution >= 0.6 is 0 Å². The van der Waals surface area contributed by atoms with Gasteiger partial charge in [0.15, 0.2) is 0 Å². The molecule has 2 aliphatic rings. The molecular weight excluding hydrogens is 184 g/mol. The van der Waals surface area contributed by atoms with Crippen LogP contribution in [0.15, 0.2) is 0 Å². The number of likely N-dealkylation sites (tertiary alicyclic amines) is 1. The maximum absolute atomic E-state index is 3.46. The standard InChI is InChI=1S/C13H26N2/c1-11(12-5-7-14-8-6-12)10-13-4-3-9-15(13)2/h11-14H,3-10H2,1-2H3. The molecule has 1 N–H and O–H groups in total. The Morgan fingerprint density at radius 3 is 2.60 bits per heavy atom.